The number of aliphatic hydroxyl groups is 1. The van der Waals surface area contributed by atoms with Crippen LogP contribution in [-0.2, 0) is 83.0 Å². The molecular formula is C77H122N10O19S3. The fraction of sp³-hybridized carbons (Fsp3) is 0.688. The molecule has 32 heteroatoms. The number of likely N-dealkylation sites (N-methyl/N-ethyl adjacent to an activating group) is 2. The van der Waals surface area contributed by atoms with E-state index < -0.39 is 162 Å². The molecule has 10 amide bonds. The summed E-state index contributed by atoms with van der Waals surface area (Å²) in [6, 6.07) is 8.47. The number of benzene rings is 2. The molecule has 2 aliphatic rings. The number of nitrogens with zero attached hydrogens (tertiary/aromatic N) is 3. The Labute approximate surface area is 656 Å². The second-order valence-corrected chi connectivity index (χ2v) is 32.2. The Balaban J connectivity index is 1.35. The van der Waals surface area contributed by atoms with Gasteiger partial charge in [-0.05, 0) is 92.0 Å². The molecule has 0 bridgehead atoms. The van der Waals surface area contributed by atoms with Crippen LogP contribution >= 0.6 is 35.3 Å². The van der Waals surface area contributed by atoms with Crippen LogP contribution in [0, 0.1) is 29.6 Å². The largest absolute Gasteiger partial charge is 0.462 e. The van der Waals surface area contributed by atoms with Gasteiger partial charge in [0.2, 0.25) is 41.4 Å². The smallest absolute Gasteiger partial charge is 0.410 e. The average Bonchev–Trinajstić information content (AvgIpc) is 1.80. The van der Waals surface area contributed by atoms with Gasteiger partial charge in [0.1, 0.15) is 49.1 Å². The van der Waals surface area contributed by atoms with E-state index in [0.29, 0.717) is 54.1 Å². The fourth-order valence-electron chi connectivity index (χ4n) is 13.5. The molecule has 2 aromatic carbocycles. The number of nitrogens with one attached hydrogen (secondary N) is 6. The lowest BCUT2D eigenvalue weighted by molar-refractivity contribution is -0.169. The number of carbonyl (C=O) groups is 12. The quantitative estimate of drug-likeness (QED) is 0.0185. The van der Waals surface area contributed by atoms with Gasteiger partial charge in [-0.2, -0.15) is 35.3 Å². The highest BCUT2D eigenvalue weighted by atomic mass is 32.2. The van der Waals surface area contributed by atoms with Crippen molar-refractivity contribution in [2.24, 2.45) is 35.3 Å². The number of likely N-dealkylation sites (tertiary alicyclic amines) is 1. The second-order valence-electron chi connectivity index (χ2n) is 29.1. The van der Waals surface area contributed by atoms with Crippen LogP contribution in [0.25, 0.3) is 0 Å². The van der Waals surface area contributed by atoms with Crippen LogP contribution in [0.1, 0.15) is 164 Å². The predicted octanol–water partition coefficient (Wildman–Crippen LogP) is 7.14. The van der Waals surface area contributed by atoms with Crippen molar-refractivity contribution in [3.63, 3.8) is 0 Å². The first-order valence-corrected chi connectivity index (χ1v) is 41.7. The van der Waals surface area contributed by atoms with Gasteiger partial charge in [0, 0.05) is 83.6 Å². The third kappa shape index (κ3) is 31.0. The minimum absolute atomic E-state index is 0.0457. The Morgan fingerprint density at radius 2 is 1.23 bits per heavy atom. The molecule has 1 heterocycles. The number of primary amides is 1. The van der Waals surface area contributed by atoms with Crippen LogP contribution in [0.5, 0.6) is 0 Å². The summed E-state index contributed by atoms with van der Waals surface area (Å²) in [6.45, 7) is 18.2. The van der Waals surface area contributed by atoms with Gasteiger partial charge in [-0.1, -0.05) is 111 Å². The number of anilines is 1. The van der Waals surface area contributed by atoms with Gasteiger partial charge < -0.3 is 81.0 Å². The van der Waals surface area contributed by atoms with E-state index in [9.17, 15) is 62.6 Å². The van der Waals surface area contributed by atoms with E-state index >= 15 is 0 Å². The normalized spacial score (nSPS) is 18.7. The molecule has 1 saturated carbocycles. The molecular weight excluding hydrogens is 1470 g/mol. The molecule has 1 unspecified atom stereocenters. The van der Waals surface area contributed by atoms with Crippen molar-refractivity contribution in [3.8, 4) is 0 Å². The summed E-state index contributed by atoms with van der Waals surface area (Å²) < 4.78 is 34.9. The van der Waals surface area contributed by atoms with E-state index in [4.69, 9.17) is 34.2 Å². The molecule has 2 aromatic rings. The van der Waals surface area contributed by atoms with Crippen LogP contribution in [0.15, 0.2) is 54.6 Å². The van der Waals surface area contributed by atoms with Crippen LogP contribution in [0.2, 0.25) is 0 Å². The molecule has 4 rings (SSSR count). The average molecular weight is 1590 g/mol. The third-order valence-electron chi connectivity index (χ3n) is 19.7. The first-order chi connectivity index (χ1) is 51.7. The zero-order valence-electron chi connectivity index (χ0n) is 66.5. The van der Waals surface area contributed by atoms with E-state index in [1.54, 1.807) is 109 Å². The molecule has 612 valence electrons. The number of urea groups is 1. The predicted molar refractivity (Wildman–Crippen MR) is 420 cm³/mol. The Morgan fingerprint density at radius 3 is 1.74 bits per heavy atom. The van der Waals surface area contributed by atoms with Crippen molar-refractivity contribution in [1.29, 1.82) is 0 Å². The van der Waals surface area contributed by atoms with E-state index in [1.807, 2.05) is 44.6 Å². The highest BCUT2D eigenvalue weighted by Gasteiger charge is 2.45. The molecule has 0 aromatic heterocycles. The molecule has 0 radical (unpaired) electrons. The number of carbonyl (C=O) groups excluding carboxylic acids is 12. The first-order valence-electron chi connectivity index (χ1n) is 37.7. The Bertz CT molecular complexity index is 3220. The minimum Gasteiger partial charge on any atom is -0.462 e. The maximum atomic E-state index is 14.9. The molecule has 15 atom stereocenters. The number of esters is 3. The second kappa shape index (κ2) is 48.4. The van der Waals surface area contributed by atoms with Gasteiger partial charge in [0.05, 0.1) is 73.8 Å². The van der Waals surface area contributed by atoms with Crippen molar-refractivity contribution < 1.29 is 91.1 Å². The number of nitrogens with two attached hydrogens (primary N) is 1. The number of thioether (sulfide) groups is 3. The number of methoxy groups -OCH3 is 2. The maximum absolute atomic E-state index is 14.9. The summed E-state index contributed by atoms with van der Waals surface area (Å²) in [5.74, 6) is -5.73. The van der Waals surface area contributed by atoms with Crippen molar-refractivity contribution >= 4 is 112 Å². The van der Waals surface area contributed by atoms with Crippen LogP contribution in [-0.4, -0.2) is 241 Å². The molecule has 29 nitrogen and oxygen atoms in total. The number of hydrogen-bond acceptors (Lipinski definition) is 22. The summed E-state index contributed by atoms with van der Waals surface area (Å²) in [4.78, 5) is 167. The third-order valence-corrected chi connectivity index (χ3v) is 21.9. The number of rotatable bonds is 46. The van der Waals surface area contributed by atoms with E-state index in [1.165, 1.54) is 49.7 Å². The lowest BCUT2D eigenvalue weighted by Crippen LogP contribution is -2.60. The zero-order chi connectivity index (χ0) is 81.2. The van der Waals surface area contributed by atoms with Crippen molar-refractivity contribution in [1.82, 2.24) is 41.3 Å². The van der Waals surface area contributed by atoms with E-state index in [0.717, 1.165) is 11.8 Å². The molecule has 9 N–H and O–H groups in total. The zero-order valence-corrected chi connectivity index (χ0v) is 68.9. The van der Waals surface area contributed by atoms with Gasteiger partial charge in [-0.3, -0.25) is 52.8 Å². The monoisotopic (exact) mass is 1590 g/mol. The number of ether oxygens (including phenoxy) is 6. The summed E-state index contributed by atoms with van der Waals surface area (Å²) in [6.07, 6.45) is 1.77. The van der Waals surface area contributed by atoms with Gasteiger partial charge in [-0.15, -0.1) is 0 Å². The lowest BCUT2D eigenvalue weighted by Gasteiger charge is -2.41. The Morgan fingerprint density at radius 1 is 0.661 bits per heavy atom. The first kappa shape index (κ1) is 94.0. The molecule has 1 saturated heterocycles. The summed E-state index contributed by atoms with van der Waals surface area (Å²) in [5.41, 5.74) is 6.77. The summed E-state index contributed by atoms with van der Waals surface area (Å²) >= 11 is 4.15. The van der Waals surface area contributed by atoms with Gasteiger partial charge >= 0.3 is 30.0 Å². The summed E-state index contributed by atoms with van der Waals surface area (Å²) in [7, 11) is 6.06. The molecule has 1 aliphatic heterocycles. The topological polar surface area (TPSA) is 388 Å². The Kier molecular flexibility index (Phi) is 41.7. The van der Waals surface area contributed by atoms with Crippen molar-refractivity contribution in [2.45, 2.75) is 232 Å². The van der Waals surface area contributed by atoms with Crippen molar-refractivity contribution in [2.75, 3.05) is 82.2 Å². The Hall–Kier alpha value is -7.39. The van der Waals surface area contributed by atoms with Gasteiger partial charge in [-0.25, -0.2) is 9.59 Å². The lowest BCUT2D eigenvalue weighted by atomic mass is 9.89. The molecule has 0 spiro atoms. The SMILES string of the molecule is CC[C@H](C)[C@@H]([C@@H](CC(=O)N1CCC[C@H]1[C@H](OC)[C@@H](C)C(=O)N[C@H](C)[C@@H](O)c1ccccc1)OC)N(C)C(=O)[C@@H](NC(=O)[C@H](C(C)C)N(C)C(=O)OCc1ccc(NC(=O)[C@H](CCCNC(N)=O)NC(=O)[C@@H](NC(=O)CSCCC(=O)OC2C[C@@H](OC(=O)CCSC)C[C@@H](OC(=O)CCSC)C2)C(C)C)cc1)C(C)C. The van der Waals surface area contributed by atoms with E-state index in [-0.39, 0.29) is 100 Å². The number of hydrogen-bond donors (Lipinski definition) is 8. The maximum Gasteiger partial charge on any atom is 0.410 e. The summed E-state index contributed by atoms with van der Waals surface area (Å²) in [5, 5.41) is 27.6. The number of aliphatic hydroxyl groups excluding tert-OH is 1. The standard InChI is InChI=1S/C77H122N10O19S3/c1-17-48(8)68(59(101-13)42-61(89)87-35-22-26-58(87)70(102-14)49(9)71(94)80-50(10)69(93)52-23-19-18-20-24-52)85(11)75(98)66(46(4)5)84-74(97)67(47(6)7)86(12)77(100)103-43-51-27-29-53(30-28-51)81-72(95)57(25-21-34-79-76(78)99)82-73(96)65(45(2)3)83-60(88)44-109-38-33-64(92)106-56-40-54(104-62(90)31-36-107-15)39-55(41-56)105-63(91)32-37-108-16/h18-20,23-24,27-30,45-50,54-59,65-70,93H,17,21-22,25-26,31-44H2,1-16H3,(H,80,94)(H,81,95)(H,82,96)(H,83,88)(H,84,97)(H3,78,79,99)/t48-,49+,50+,54-,55+,56?,57-,58-,59+,65-,66-,67-,68-,69+,70+/m0/s1. The highest BCUT2D eigenvalue weighted by molar-refractivity contribution is 8.00. The molecule has 2 fully saturated rings. The van der Waals surface area contributed by atoms with Crippen LogP contribution < -0.4 is 37.6 Å². The van der Waals surface area contributed by atoms with Crippen molar-refractivity contribution in [3.05, 3.63) is 65.7 Å². The van der Waals surface area contributed by atoms with E-state index in [2.05, 4.69) is 31.9 Å². The van der Waals surface area contributed by atoms with Gasteiger partial charge in [0.15, 0.2) is 0 Å². The fourth-order valence-corrected chi connectivity index (χ4v) is 15.0. The van der Waals surface area contributed by atoms with Crippen LogP contribution in [0.3, 0.4) is 0 Å². The molecule has 109 heavy (non-hydrogen) atoms. The van der Waals surface area contributed by atoms with Crippen LogP contribution in [0.4, 0.5) is 15.3 Å². The van der Waals surface area contributed by atoms with Gasteiger partial charge in [0.25, 0.3) is 0 Å². The molecule has 1 aliphatic carbocycles. The number of amides is 10. The highest BCUT2D eigenvalue weighted by Crippen LogP contribution is 2.32. The minimum atomic E-state index is -1.17.